The van der Waals surface area contributed by atoms with Crippen molar-refractivity contribution in [1.82, 2.24) is 15.0 Å². The van der Waals surface area contributed by atoms with Crippen LogP contribution in [-0.4, -0.2) is 54.5 Å². The van der Waals surface area contributed by atoms with Gasteiger partial charge in [0.1, 0.15) is 5.92 Å². The number of hydrogen-bond acceptors (Lipinski definition) is 5. The molecule has 3 aromatic rings. The maximum atomic E-state index is 14.3. The number of ketones is 1. The minimum absolute atomic E-state index is 0. The van der Waals surface area contributed by atoms with Gasteiger partial charge in [-0.3, -0.25) is 14.4 Å². The zero-order valence-electron chi connectivity index (χ0n) is 36.9. The van der Waals surface area contributed by atoms with Crippen LogP contribution in [0.2, 0.25) is 0 Å². The number of ether oxygens (including phenoxy) is 2. The minimum atomic E-state index is -1.21. The van der Waals surface area contributed by atoms with Crippen molar-refractivity contribution in [2.24, 2.45) is 29.6 Å². The summed E-state index contributed by atoms with van der Waals surface area (Å²) < 4.78 is 11.1. The summed E-state index contributed by atoms with van der Waals surface area (Å²) in [5.74, 6) is -1.70. The van der Waals surface area contributed by atoms with Crippen LogP contribution in [0.25, 0.3) is 35.2 Å². The third kappa shape index (κ3) is 9.49. The van der Waals surface area contributed by atoms with E-state index in [-0.39, 0.29) is 53.1 Å². The minimum Gasteiger partial charge on any atom is -0.664 e. The summed E-state index contributed by atoms with van der Waals surface area (Å²) in [6.07, 6.45) is 18.7. The van der Waals surface area contributed by atoms with Gasteiger partial charge in [0.15, 0.2) is 5.78 Å². The van der Waals surface area contributed by atoms with Crippen LogP contribution in [0.5, 0.6) is 0 Å². The Morgan fingerprint density at radius 3 is 2.22 bits per heavy atom. The largest absolute Gasteiger partial charge is 2.00 e. The molecule has 0 radical (unpaired) electrons. The number of Topliss-reactive ketones (excluding diaryl/α,β-unsaturated/α-hetero) is 1. The first-order valence-corrected chi connectivity index (χ1v) is 21.6. The van der Waals surface area contributed by atoms with E-state index in [1.807, 2.05) is 38.2 Å². The van der Waals surface area contributed by atoms with Crippen LogP contribution < -0.4 is 25.7 Å². The Morgan fingerprint density at radius 1 is 0.864 bits per heavy atom. The first kappa shape index (κ1) is 46.0. The Kier molecular flexibility index (Phi) is 15.6. The first-order valence-electron chi connectivity index (χ1n) is 21.6. The summed E-state index contributed by atoms with van der Waals surface area (Å²) in [6.45, 7) is 21.5. The van der Waals surface area contributed by atoms with Crippen molar-refractivity contribution in [3.63, 3.8) is 0 Å². The van der Waals surface area contributed by atoms with E-state index >= 15 is 0 Å². The number of methoxy groups -OCH3 is 1. The SMILES string of the molecule is C=Cc1c2[n-]c(c1C)/C=C1\[N-]/C(=C3\c4[n-]c(c(C)c4C(=O)[C@@H]3C(=O)OC)/C=c3\[n-]/c(c(C)c3CC)=C\2)[C@@H](CCC(=O)OCCC(C)CCC[C@H](C)CCCCC)[C@@H]1C.[Mg+2]. The summed E-state index contributed by atoms with van der Waals surface area (Å²) in [6, 6.07) is 0. The van der Waals surface area contributed by atoms with Crippen LogP contribution in [0.1, 0.15) is 160 Å². The second-order valence-corrected chi connectivity index (χ2v) is 17.0. The number of rotatable bonds is 17. The maximum absolute atomic E-state index is 14.3. The van der Waals surface area contributed by atoms with E-state index in [9.17, 15) is 14.4 Å². The summed E-state index contributed by atoms with van der Waals surface area (Å²) >= 11 is 0. The Morgan fingerprint density at radius 2 is 1.54 bits per heavy atom. The molecule has 0 spiro atoms. The van der Waals surface area contributed by atoms with Gasteiger partial charge in [0.05, 0.1) is 13.7 Å². The predicted octanol–water partition coefficient (Wildman–Crippen LogP) is 8.39. The average molecular weight is 811 g/mol. The van der Waals surface area contributed by atoms with Crippen molar-refractivity contribution >= 4 is 70.7 Å². The number of esters is 2. The van der Waals surface area contributed by atoms with Gasteiger partial charge in [0, 0.05) is 12.0 Å². The molecule has 3 aromatic heterocycles. The number of carbonyl (C=O) groups excluding carboxylic acids is 3. The molecule has 5 heterocycles. The van der Waals surface area contributed by atoms with Crippen LogP contribution >= 0.6 is 0 Å². The molecule has 2 aliphatic heterocycles. The fourth-order valence-electron chi connectivity index (χ4n) is 9.21. The predicted molar refractivity (Wildman–Crippen MR) is 237 cm³/mol. The van der Waals surface area contributed by atoms with Crippen molar-refractivity contribution < 1.29 is 23.9 Å². The Balaban J connectivity index is 0.00000661. The molecule has 59 heavy (non-hydrogen) atoms. The molecule has 6 rings (SSSR count). The molecular weight excluding hydrogens is 749 g/mol. The molecule has 1 fully saturated rings. The number of nitrogens with zero attached hydrogens (tertiary/aromatic N) is 4. The molecule has 10 heteroatoms. The number of carbonyl (C=O) groups is 3. The summed E-state index contributed by atoms with van der Waals surface area (Å²) in [5, 5.41) is 6.83. The van der Waals surface area contributed by atoms with E-state index in [1.165, 1.54) is 45.6 Å². The Bertz CT molecular complexity index is 2250. The number of fused-ring (bicyclic) bond motifs is 7. The van der Waals surface area contributed by atoms with Crippen LogP contribution in [0, 0.1) is 50.4 Å². The van der Waals surface area contributed by atoms with E-state index in [0.717, 1.165) is 75.2 Å². The summed E-state index contributed by atoms with van der Waals surface area (Å²) in [5.41, 5.74) is 9.54. The van der Waals surface area contributed by atoms with Gasteiger partial charge in [-0.1, -0.05) is 138 Å². The fourth-order valence-corrected chi connectivity index (χ4v) is 9.21. The maximum Gasteiger partial charge on any atom is 2.00 e. The fraction of sp³-hybridized carbons (Fsp3) is 0.531. The van der Waals surface area contributed by atoms with Crippen LogP contribution in [0.15, 0.2) is 18.0 Å². The van der Waals surface area contributed by atoms with E-state index in [0.29, 0.717) is 52.7 Å². The van der Waals surface area contributed by atoms with Gasteiger partial charge in [-0.15, -0.1) is 33.5 Å². The van der Waals surface area contributed by atoms with Gasteiger partial charge in [0.25, 0.3) is 0 Å². The zero-order valence-corrected chi connectivity index (χ0v) is 38.3. The van der Waals surface area contributed by atoms with E-state index < -0.39 is 11.9 Å². The standard InChI is InChI=1S/C49H63N4O5.Mg/c1-11-14-15-17-27(4)18-16-19-28(5)22-23-58-42(54)21-20-35-31(8)38-24-36-29(6)33(12-2)40(50-36)25-37-30(7)34(13-3)41(51-37)26-39-32(9)43-47(53-39)44(46(35)52-38)45(48(43)55)49(56)57-10;/h12,24-28,31,35,45H,2,11,13-23H2,1,3-10H3,(H-,52,53,55);/q-3;+2/p-1/b37-25-,38-24-,41-26-;/t27-,28?,31+,35+,45-;/m1./s1. The van der Waals surface area contributed by atoms with Crippen LogP contribution in [0.4, 0.5) is 0 Å². The normalized spacial score (nSPS) is 22.2. The van der Waals surface area contributed by atoms with E-state index in [1.54, 1.807) is 0 Å². The third-order valence-corrected chi connectivity index (χ3v) is 13.0. The quantitative estimate of drug-likeness (QED) is 0.0576. The number of aromatic nitrogens is 3. The molecule has 8 bridgehead atoms. The molecule has 3 aliphatic rings. The molecule has 5 atom stereocenters. The molecule has 1 aliphatic carbocycles. The topological polar surface area (TPSA) is 126 Å². The average Bonchev–Trinajstić information content (AvgIpc) is 3.94. The van der Waals surface area contributed by atoms with Crippen LogP contribution in [-0.2, 0) is 25.5 Å². The van der Waals surface area contributed by atoms with Gasteiger partial charge in [-0.05, 0) is 69.3 Å². The molecule has 0 aromatic carbocycles. The van der Waals surface area contributed by atoms with Gasteiger partial charge in [0.2, 0.25) is 0 Å². The zero-order chi connectivity index (χ0) is 41.8. The Labute approximate surface area is 367 Å². The van der Waals surface area contributed by atoms with Crippen molar-refractivity contribution in [2.45, 2.75) is 126 Å². The van der Waals surface area contributed by atoms with Crippen LogP contribution in [0.3, 0.4) is 0 Å². The van der Waals surface area contributed by atoms with E-state index in [4.69, 9.17) is 29.7 Å². The summed E-state index contributed by atoms with van der Waals surface area (Å²) in [4.78, 5) is 56.4. The Hall–Kier alpha value is -4.02. The number of hydrogen-bond donors (Lipinski definition) is 0. The molecule has 0 saturated carbocycles. The van der Waals surface area contributed by atoms with E-state index in [2.05, 4.69) is 48.1 Å². The summed E-state index contributed by atoms with van der Waals surface area (Å²) in [7, 11) is 1.30. The van der Waals surface area contributed by atoms with Gasteiger partial charge >= 0.3 is 35.0 Å². The number of unbranched alkanes of at least 4 members (excludes halogenated alkanes) is 2. The monoisotopic (exact) mass is 810 g/mol. The molecule has 9 nitrogen and oxygen atoms in total. The van der Waals surface area contributed by atoms with Gasteiger partial charge in [-0.2, -0.15) is 11.4 Å². The first-order chi connectivity index (χ1) is 27.8. The number of allylic oxidation sites excluding steroid dienone is 2. The molecular formula is C49H62MgN4O5-2. The van der Waals surface area contributed by atoms with Crippen molar-refractivity contribution in [3.8, 4) is 0 Å². The van der Waals surface area contributed by atoms with Crippen molar-refractivity contribution in [2.75, 3.05) is 13.7 Å². The smallest absolute Gasteiger partial charge is 0.664 e. The molecule has 312 valence electrons. The van der Waals surface area contributed by atoms with Gasteiger partial charge in [-0.25, -0.2) is 0 Å². The second-order valence-electron chi connectivity index (χ2n) is 17.0. The molecule has 0 N–H and O–H groups in total. The molecule has 0 amide bonds. The molecule has 1 saturated heterocycles. The second kappa shape index (κ2) is 20.0. The van der Waals surface area contributed by atoms with Crippen molar-refractivity contribution in [3.05, 3.63) is 90.1 Å². The van der Waals surface area contributed by atoms with Crippen molar-refractivity contribution in [1.29, 1.82) is 0 Å². The third-order valence-electron chi connectivity index (χ3n) is 13.0. The van der Waals surface area contributed by atoms with Gasteiger partial charge < -0.3 is 29.7 Å². The molecule has 1 unspecified atom stereocenters.